The van der Waals surface area contributed by atoms with Crippen molar-refractivity contribution >= 4 is 0 Å². The van der Waals surface area contributed by atoms with Crippen LogP contribution in [0.25, 0.3) is 0 Å². The number of nitrogens with zero attached hydrogens (tertiary/aromatic N) is 1. The number of hydrogen-bond donors (Lipinski definition) is 2. The molecule has 17 heavy (non-hydrogen) atoms. The van der Waals surface area contributed by atoms with E-state index in [0.717, 1.165) is 6.42 Å². The average molecular weight is 242 g/mol. The topological polar surface area (TPSA) is 49.5 Å². The molecule has 0 aromatic carbocycles. The third-order valence-electron chi connectivity index (χ3n) is 4.10. The third kappa shape index (κ3) is 4.57. The van der Waals surface area contributed by atoms with Gasteiger partial charge < -0.3 is 10.8 Å². The molecule has 0 saturated heterocycles. The summed E-state index contributed by atoms with van der Waals surface area (Å²) < 4.78 is 0. The molecule has 102 valence electrons. The zero-order valence-corrected chi connectivity index (χ0v) is 11.7. The van der Waals surface area contributed by atoms with E-state index in [-0.39, 0.29) is 18.7 Å². The highest BCUT2D eigenvalue weighted by Gasteiger charge is 2.28. The summed E-state index contributed by atoms with van der Waals surface area (Å²) in [5.41, 5.74) is 6.24. The monoisotopic (exact) mass is 242 g/mol. The lowest BCUT2D eigenvalue weighted by Gasteiger charge is -2.39. The zero-order valence-electron chi connectivity index (χ0n) is 11.7. The maximum atomic E-state index is 9.59. The van der Waals surface area contributed by atoms with Crippen LogP contribution in [0.3, 0.4) is 0 Å². The van der Waals surface area contributed by atoms with E-state index in [1.165, 1.54) is 32.1 Å². The minimum Gasteiger partial charge on any atom is -0.395 e. The van der Waals surface area contributed by atoms with Crippen LogP contribution in [-0.4, -0.2) is 41.8 Å². The molecule has 0 aliphatic heterocycles. The highest BCUT2D eigenvalue weighted by Crippen LogP contribution is 2.24. The van der Waals surface area contributed by atoms with E-state index in [9.17, 15) is 5.11 Å². The predicted octanol–water partition coefficient (Wildman–Crippen LogP) is 1.99. The molecule has 0 bridgehead atoms. The first-order valence-corrected chi connectivity index (χ1v) is 7.14. The Bertz CT molecular complexity index is 202. The smallest absolute Gasteiger partial charge is 0.0601 e. The molecule has 0 amide bonds. The molecule has 0 aromatic heterocycles. The van der Waals surface area contributed by atoms with Crippen LogP contribution in [0.4, 0.5) is 0 Å². The molecule has 0 spiro atoms. The Morgan fingerprint density at radius 1 is 1.24 bits per heavy atom. The summed E-state index contributed by atoms with van der Waals surface area (Å²) in [5, 5.41) is 9.59. The van der Waals surface area contributed by atoms with Crippen molar-refractivity contribution in [2.24, 2.45) is 11.7 Å². The summed E-state index contributed by atoms with van der Waals surface area (Å²) in [5.74, 6) is 0.596. The van der Waals surface area contributed by atoms with Gasteiger partial charge in [0, 0.05) is 18.1 Å². The van der Waals surface area contributed by atoms with Gasteiger partial charge in [0.05, 0.1) is 6.61 Å². The van der Waals surface area contributed by atoms with Gasteiger partial charge in [-0.05, 0) is 32.2 Å². The fourth-order valence-corrected chi connectivity index (χ4v) is 3.03. The maximum absolute atomic E-state index is 9.59. The van der Waals surface area contributed by atoms with Crippen molar-refractivity contribution in [1.82, 2.24) is 4.90 Å². The van der Waals surface area contributed by atoms with Crippen molar-refractivity contribution in [1.29, 1.82) is 0 Å². The largest absolute Gasteiger partial charge is 0.395 e. The number of likely N-dealkylation sites (N-methyl/N-ethyl adjacent to an activating group) is 1. The fraction of sp³-hybridized carbons (Fsp3) is 1.00. The summed E-state index contributed by atoms with van der Waals surface area (Å²) in [6.07, 6.45) is 7.54. The molecule has 1 saturated carbocycles. The maximum Gasteiger partial charge on any atom is 0.0601 e. The van der Waals surface area contributed by atoms with Gasteiger partial charge in [0.25, 0.3) is 0 Å². The summed E-state index contributed by atoms with van der Waals surface area (Å²) >= 11 is 0. The minimum atomic E-state index is 0.0897. The normalized spacial score (nSPS) is 22.1. The molecule has 3 nitrogen and oxygen atoms in total. The molecule has 1 aliphatic carbocycles. The van der Waals surface area contributed by atoms with Crippen molar-refractivity contribution in [3.63, 3.8) is 0 Å². The van der Waals surface area contributed by atoms with E-state index in [4.69, 9.17) is 5.73 Å². The molecule has 1 aliphatic rings. The summed E-state index contributed by atoms with van der Waals surface area (Å²) in [7, 11) is 2.14. The van der Waals surface area contributed by atoms with Gasteiger partial charge in [-0.1, -0.05) is 33.1 Å². The van der Waals surface area contributed by atoms with Gasteiger partial charge >= 0.3 is 0 Å². The van der Waals surface area contributed by atoms with Crippen molar-refractivity contribution < 1.29 is 5.11 Å². The van der Waals surface area contributed by atoms with E-state index in [1.807, 2.05) is 0 Å². The highest BCUT2D eigenvalue weighted by molar-refractivity contribution is 4.86. The second kappa shape index (κ2) is 7.34. The summed E-state index contributed by atoms with van der Waals surface area (Å²) in [6, 6.07) is 0.839. The highest BCUT2D eigenvalue weighted by atomic mass is 16.3. The third-order valence-corrected chi connectivity index (χ3v) is 4.10. The Labute approximate surface area is 106 Å². The quantitative estimate of drug-likeness (QED) is 0.749. The lowest BCUT2D eigenvalue weighted by atomic mass is 9.91. The first-order chi connectivity index (χ1) is 8.06. The number of aliphatic hydroxyl groups excluding tert-OH is 1. The number of aliphatic hydroxyl groups is 1. The second-order valence-electron chi connectivity index (χ2n) is 6.00. The zero-order chi connectivity index (χ0) is 12.8. The van der Waals surface area contributed by atoms with Crippen LogP contribution >= 0.6 is 0 Å². The average Bonchev–Trinajstić information content (AvgIpc) is 2.30. The molecule has 1 rings (SSSR count). The molecule has 0 radical (unpaired) electrons. The lowest BCUT2D eigenvalue weighted by Crippen LogP contribution is -2.53. The Morgan fingerprint density at radius 3 is 2.29 bits per heavy atom. The van der Waals surface area contributed by atoms with Crippen molar-refractivity contribution in [3.8, 4) is 0 Å². The van der Waals surface area contributed by atoms with Crippen LogP contribution in [0.15, 0.2) is 0 Å². The van der Waals surface area contributed by atoms with Crippen LogP contribution in [0, 0.1) is 5.92 Å². The van der Waals surface area contributed by atoms with Crippen molar-refractivity contribution in [2.75, 3.05) is 13.7 Å². The molecule has 2 atom stereocenters. The van der Waals surface area contributed by atoms with E-state index in [1.54, 1.807) is 0 Å². The SMILES string of the molecule is CC(C)CC(N)C(CO)N(C)C1CCCCC1. The first-order valence-electron chi connectivity index (χ1n) is 7.14. The van der Waals surface area contributed by atoms with Crippen LogP contribution in [0.1, 0.15) is 52.4 Å². The van der Waals surface area contributed by atoms with Gasteiger partial charge in [0.1, 0.15) is 0 Å². The van der Waals surface area contributed by atoms with Crippen LogP contribution < -0.4 is 5.73 Å². The Hall–Kier alpha value is -0.120. The van der Waals surface area contributed by atoms with Crippen LogP contribution in [-0.2, 0) is 0 Å². The van der Waals surface area contributed by atoms with Gasteiger partial charge in [0.15, 0.2) is 0 Å². The molecular weight excluding hydrogens is 212 g/mol. The molecule has 0 aromatic rings. The van der Waals surface area contributed by atoms with E-state index in [0.29, 0.717) is 12.0 Å². The Balaban J connectivity index is 2.52. The standard InChI is InChI=1S/C14H30N2O/c1-11(2)9-13(15)14(10-17)16(3)12-7-5-4-6-8-12/h11-14,17H,4-10,15H2,1-3H3. The molecule has 3 N–H and O–H groups in total. The minimum absolute atomic E-state index is 0.0897. The summed E-state index contributed by atoms with van der Waals surface area (Å²) in [6.45, 7) is 4.56. The lowest BCUT2D eigenvalue weighted by molar-refractivity contribution is 0.0696. The first kappa shape index (κ1) is 14.9. The number of nitrogens with two attached hydrogens (primary N) is 1. The number of rotatable bonds is 6. The molecule has 0 heterocycles. The van der Waals surface area contributed by atoms with Gasteiger partial charge in [-0.3, -0.25) is 4.90 Å². The fourth-order valence-electron chi connectivity index (χ4n) is 3.03. The second-order valence-corrected chi connectivity index (χ2v) is 6.00. The Morgan fingerprint density at radius 2 is 1.82 bits per heavy atom. The molecular formula is C14H30N2O. The van der Waals surface area contributed by atoms with E-state index in [2.05, 4.69) is 25.8 Å². The molecule has 3 heteroatoms. The number of hydrogen-bond acceptors (Lipinski definition) is 3. The van der Waals surface area contributed by atoms with Crippen LogP contribution in [0.5, 0.6) is 0 Å². The molecule has 2 unspecified atom stereocenters. The van der Waals surface area contributed by atoms with Crippen molar-refractivity contribution in [3.05, 3.63) is 0 Å². The Kier molecular flexibility index (Phi) is 6.45. The predicted molar refractivity (Wildman–Crippen MR) is 72.9 cm³/mol. The van der Waals surface area contributed by atoms with Gasteiger partial charge in [-0.15, -0.1) is 0 Å². The van der Waals surface area contributed by atoms with E-state index < -0.39 is 0 Å². The van der Waals surface area contributed by atoms with Gasteiger partial charge in [-0.25, -0.2) is 0 Å². The summed E-state index contributed by atoms with van der Waals surface area (Å²) in [4.78, 5) is 2.34. The van der Waals surface area contributed by atoms with Crippen LogP contribution in [0.2, 0.25) is 0 Å². The van der Waals surface area contributed by atoms with Crippen molar-refractivity contribution in [2.45, 2.75) is 70.5 Å². The van der Waals surface area contributed by atoms with E-state index >= 15 is 0 Å². The molecule has 1 fully saturated rings. The van der Waals surface area contributed by atoms with Gasteiger partial charge in [0.2, 0.25) is 0 Å². The van der Waals surface area contributed by atoms with Gasteiger partial charge in [-0.2, -0.15) is 0 Å².